The van der Waals surface area contributed by atoms with Crippen LogP contribution in [0.1, 0.15) is 5.69 Å². The number of hydrogen-bond donors (Lipinski definition) is 2. The van der Waals surface area contributed by atoms with E-state index in [2.05, 4.69) is 15.6 Å². The summed E-state index contributed by atoms with van der Waals surface area (Å²) in [4.78, 5) is 15.1. The molecule has 0 aliphatic heterocycles. The van der Waals surface area contributed by atoms with Crippen molar-refractivity contribution in [2.75, 3.05) is 11.9 Å². The molecule has 72 valence electrons. The van der Waals surface area contributed by atoms with Crippen molar-refractivity contribution in [1.29, 1.82) is 5.26 Å². The second-order valence-electron chi connectivity index (χ2n) is 2.63. The van der Waals surface area contributed by atoms with Gasteiger partial charge in [0.2, 0.25) is 0 Å². The van der Waals surface area contributed by atoms with Crippen molar-refractivity contribution in [1.82, 2.24) is 10.3 Å². The number of pyridine rings is 1. The van der Waals surface area contributed by atoms with Gasteiger partial charge in [-0.3, -0.25) is 5.32 Å². The van der Waals surface area contributed by atoms with Crippen LogP contribution in [-0.2, 0) is 0 Å². The van der Waals surface area contributed by atoms with E-state index in [1.165, 1.54) is 0 Å². The van der Waals surface area contributed by atoms with Gasteiger partial charge < -0.3 is 5.32 Å². The van der Waals surface area contributed by atoms with Gasteiger partial charge in [0.15, 0.2) is 0 Å². The molecule has 1 heterocycles. The predicted octanol–water partition coefficient (Wildman–Crippen LogP) is 1.04. The number of hydrogen-bond acceptors (Lipinski definition) is 3. The van der Waals surface area contributed by atoms with Crippen molar-refractivity contribution < 1.29 is 4.79 Å². The summed E-state index contributed by atoms with van der Waals surface area (Å²) in [6.07, 6.45) is 0. The van der Waals surface area contributed by atoms with E-state index in [0.29, 0.717) is 5.82 Å². The lowest BCUT2D eigenvalue weighted by molar-refractivity contribution is 0.253. The van der Waals surface area contributed by atoms with Gasteiger partial charge in [0.05, 0.1) is 6.07 Å². The zero-order chi connectivity index (χ0) is 10.4. The molecule has 0 saturated heterocycles. The second kappa shape index (κ2) is 4.82. The summed E-state index contributed by atoms with van der Waals surface area (Å²) in [7, 11) is 0. The lowest BCUT2D eigenvalue weighted by Gasteiger charge is -2.04. The molecule has 0 radical (unpaired) electrons. The Labute approximate surface area is 81.8 Å². The van der Waals surface area contributed by atoms with Crippen molar-refractivity contribution in [2.24, 2.45) is 0 Å². The maximum atomic E-state index is 11.1. The third-order valence-corrected chi connectivity index (χ3v) is 1.46. The molecule has 0 fully saturated rings. The van der Waals surface area contributed by atoms with Gasteiger partial charge in [-0.25, -0.2) is 9.78 Å². The van der Waals surface area contributed by atoms with E-state index in [-0.39, 0.29) is 6.54 Å². The molecule has 1 aromatic rings. The maximum absolute atomic E-state index is 11.1. The lowest BCUT2D eigenvalue weighted by atomic mass is 10.4. The smallest absolute Gasteiger partial charge is 0.321 e. The number of rotatable bonds is 2. The second-order valence-corrected chi connectivity index (χ2v) is 2.63. The van der Waals surface area contributed by atoms with Gasteiger partial charge in [-0.2, -0.15) is 5.26 Å². The molecule has 14 heavy (non-hydrogen) atoms. The fourth-order valence-corrected chi connectivity index (χ4v) is 0.893. The molecule has 0 aliphatic rings. The number of amides is 2. The van der Waals surface area contributed by atoms with E-state index in [1.54, 1.807) is 18.2 Å². The molecule has 2 amide bonds. The molecular weight excluding hydrogens is 180 g/mol. The van der Waals surface area contributed by atoms with Gasteiger partial charge in [-0.1, -0.05) is 6.07 Å². The van der Waals surface area contributed by atoms with Crippen LogP contribution in [0.5, 0.6) is 0 Å². The fourth-order valence-electron chi connectivity index (χ4n) is 0.893. The van der Waals surface area contributed by atoms with E-state index >= 15 is 0 Å². The standard InChI is InChI=1S/C9H10N4O/c1-7-3-2-4-8(12-7)13-9(14)11-6-5-10/h2-4H,6H2,1H3,(H2,11,12,13,14). The first-order valence-electron chi connectivity index (χ1n) is 4.08. The van der Waals surface area contributed by atoms with Crippen LogP contribution in [0, 0.1) is 18.3 Å². The van der Waals surface area contributed by atoms with E-state index in [0.717, 1.165) is 5.69 Å². The molecule has 0 spiro atoms. The molecule has 2 N–H and O–H groups in total. The summed E-state index contributed by atoms with van der Waals surface area (Å²) in [5, 5.41) is 13.1. The predicted molar refractivity (Wildman–Crippen MR) is 51.6 cm³/mol. The minimum Gasteiger partial charge on any atom is -0.325 e. The van der Waals surface area contributed by atoms with E-state index in [4.69, 9.17) is 5.26 Å². The number of aromatic nitrogens is 1. The molecule has 0 saturated carbocycles. The minimum atomic E-state index is -0.426. The molecule has 0 unspecified atom stereocenters. The van der Waals surface area contributed by atoms with Crippen molar-refractivity contribution >= 4 is 11.8 Å². The highest BCUT2D eigenvalue weighted by Crippen LogP contribution is 2.02. The maximum Gasteiger partial charge on any atom is 0.321 e. The Morgan fingerprint density at radius 3 is 3.07 bits per heavy atom. The summed E-state index contributed by atoms with van der Waals surface area (Å²) in [6, 6.07) is 6.68. The van der Waals surface area contributed by atoms with Crippen molar-refractivity contribution in [3.63, 3.8) is 0 Å². The largest absolute Gasteiger partial charge is 0.325 e. The molecule has 1 rings (SSSR count). The summed E-state index contributed by atoms with van der Waals surface area (Å²) >= 11 is 0. The monoisotopic (exact) mass is 190 g/mol. The van der Waals surface area contributed by atoms with Crippen LogP contribution in [-0.4, -0.2) is 17.6 Å². The normalized spacial score (nSPS) is 8.86. The fraction of sp³-hybridized carbons (Fsp3) is 0.222. The summed E-state index contributed by atoms with van der Waals surface area (Å²) in [6.45, 7) is 1.82. The highest BCUT2D eigenvalue weighted by Gasteiger charge is 2.00. The number of nitriles is 1. The van der Waals surface area contributed by atoms with E-state index in [1.807, 2.05) is 13.0 Å². The molecule has 1 aromatic heterocycles. The Morgan fingerprint density at radius 1 is 1.64 bits per heavy atom. The van der Waals surface area contributed by atoms with Gasteiger partial charge in [0.1, 0.15) is 12.4 Å². The van der Waals surface area contributed by atoms with Gasteiger partial charge in [0.25, 0.3) is 0 Å². The van der Waals surface area contributed by atoms with Crippen LogP contribution in [0.25, 0.3) is 0 Å². The number of nitrogens with zero attached hydrogens (tertiary/aromatic N) is 2. The quantitative estimate of drug-likeness (QED) is 0.684. The molecule has 0 aromatic carbocycles. The molecule has 5 nitrogen and oxygen atoms in total. The third kappa shape index (κ3) is 3.11. The van der Waals surface area contributed by atoms with Crippen molar-refractivity contribution in [2.45, 2.75) is 6.92 Å². The Morgan fingerprint density at radius 2 is 2.43 bits per heavy atom. The number of urea groups is 1. The first kappa shape index (κ1) is 9.99. The minimum absolute atomic E-state index is 0.0162. The first-order valence-corrected chi connectivity index (χ1v) is 4.08. The van der Waals surface area contributed by atoms with Crippen LogP contribution < -0.4 is 10.6 Å². The van der Waals surface area contributed by atoms with Crippen LogP contribution in [0.3, 0.4) is 0 Å². The van der Waals surface area contributed by atoms with Crippen LogP contribution in [0.15, 0.2) is 18.2 Å². The number of anilines is 1. The number of carbonyl (C=O) groups is 1. The van der Waals surface area contributed by atoms with Crippen molar-refractivity contribution in [3.05, 3.63) is 23.9 Å². The third-order valence-electron chi connectivity index (χ3n) is 1.46. The Hall–Kier alpha value is -2.09. The van der Waals surface area contributed by atoms with Gasteiger partial charge in [-0.05, 0) is 19.1 Å². The van der Waals surface area contributed by atoms with Crippen LogP contribution in [0.2, 0.25) is 0 Å². The molecular formula is C9H10N4O. The zero-order valence-corrected chi connectivity index (χ0v) is 7.74. The van der Waals surface area contributed by atoms with E-state index < -0.39 is 6.03 Å². The molecule has 5 heteroatoms. The first-order chi connectivity index (χ1) is 6.72. The average molecular weight is 190 g/mol. The number of nitrogens with one attached hydrogen (secondary N) is 2. The van der Waals surface area contributed by atoms with Crippen LogP contribution >= 0.6 is 0 Å². The number of aryl methyl sites for hydroxylation is 1. The molecule has 0 atom stereocenters. The zero-order valence-electron chi connectivity index (χ0n) is 7.74. The Kier molecular flexibility index (Phi) is 3.44. The highest BCUT2D eigenvalue weighted by molar-refractivity contribution is 5.88. The molecule has 0 bridgehead atoms. The summed E-state index contributed by atoms with van der Waals surface area (Å²) in [5.41, 5.74) is 0.822. The Bertz CT molecular complexity index is 369. The topological polar surface area (TPSA) is 77.8 Å². The number of carbonyl (C=O) groups excluding carboxylic acids is 1. The highest BCUT2D eigenvalue weighted by atomic mass is 16.2. The van der Waals surface area contributed by atoms with Gasteiger partial charge in [-0.15, -0.1) is 0 Å². The lowest BCUT2D eigenvalue weighted by Crippen LogP contribution is -2.29. The molecule has 0 aliphatic carbocycles. The summed E-state index contributed by atoms with van der Waals surface area (Å²) in [5.74, 6) is 0.473. The SMILES string of the molecule is Cc1cccc(NC(=O)NCC#N)n1. The average Bonchev–Trinajstić information content (AvgIpc) is 2.15. The van der Waals surface area contributed by atoms with Crippen LogP contribution in [0.4, 0.5) is 10.6 Å². The van der Waals surface area contributed by atoms with Crippen molar-refractivity contribution in [3.8, 4) is 6.07 Å². The summed E-state index contributed by atoms with van der Waals surface area (Å²) < 4.78 is 0. The van der Waals surface area contributed by atoms with E-state index in [9.17, 15) is 4.79 Å². The Balaban J connectivity index is 2.53. The van der Waals surface area contributed by atoms with Gasteiger partial charge >= 0.3 is 6.03 Å². The van der Waals surface area contributed by atoms with Gasteiger partial charge in [0, 0.05) is 5.69 Å².